The highest BCUT2D eigenvalue weighted by Gasteiger charge is 2.29. The van der Waals surface area contributed by atoms with Crippen LogP contribution in [0.15, 0.2) is 23.1 Å². The van der Waals surface area contributed by atoms with Crippen molar-refractivity contribution in [3.63, 3.8) is 0 Å². The Morgan fingerprint density at radius 2 is 1.94 bits per heavy atom. The molecule has 4 N–H and O–H groups in total. The maximum atomic E-state index is 11.4. The first-order chi connectivity index (χ1) is 8.17. The van der Waals surface area contributed by atoms with Gasteiger partial charge in [-0.05, 0) is 30.0 Å². The highest BCUT2D eigenvalue weighted by molar-refractivity contribution is 7.89. The van der Waals surface area contributed by atoms with Crippen LogP contribution < -0.4 is 15.8 Å². The van der Waals surface area contributed by atoms with E-state index in [0.29, 0.717) is 5.69 Å². The van der Waals surface area contributed by atoms with Crippen molar-refractivity contribution in [3.05, 3.63) is 18.2 Å². The molecule has 0 radical (unpaired) electrons. The summed E-state index contributed by atoms with van der Waals surface area (Å²) in [7, 11) is -3.71. The standard InChI is InChI=1S/C12H19N3O2S/c1-12(2)3-4-15(8-12)10-5-9(13)6-11(7-10)18(14,16)17/h5-7H,3-4,8,13H2,1-2H3,(H2,14,16,17). The topological polar surface area (TPSA) is 89.4 Å². The first kappa shape index (κ1) is 13.2. The first-order valence-corrected chi connectivity index (χ1v) is 7.40. The van der Waals surface area contributed by atoms with Crippen LogP contribution in [0.3, 0.4) is 0 Å². The van der Waals surface area contributed by atoms with Crippen molar-refractivity contribution >= 4 is 21.4 Å². The smallest absolute Gasteiger partial charge is 0.238 e. The molecule has 0 aromatic heterocycles. The molecule has 0 bridgehead atoms. The van der Waals surface area contributed by atoms with Crippen molar-refractivity contribution in [1.29, 1.82) is 0 Å². The second-order valence-corrected chi connectivity index (χ2v) is 7.20. The van der Waals surface area contributed by atoms with Gasteiger partial charge in [-0.1, -0.05) is 13.8 Å². The van der Waals surface area contributed by atoms with Gasteiger partial charge in [-0.2, -0.15) is 0 Å². The van der Waals surface area contributed by atoms with Gasteiger partial charge < -0.3 is 10.6 Å². The minimum absolute atomic E-state index is 0.0715. The molecular weight excluding hydrogens is 250 g/mol. The number of nitrogens with two attached hydrogens (primary N) is 2. The van der Waals surface area contributed by atoms with E-state index in [2.05, 4.69) is 18.7 Å². The Morgan fingerprint density at radius 3 is 2.44 bits per heavy atom. The third-order valence-electron chi connectivity index (χ3n) is 3.28. The summed E-state index contributed by atoms with van der Waals surface area (Å²) in [5, 5.41) is 5.14. The molecule has 1 aromatic rings. The highest BCUT2D eigenvalue weighted by atomic mass is 32.2. The summed E-state index contributed by atoms with van der Waals surface area (Å²) < 4.78 is 22.8. The summed E-state index contributed by atoms with van der Waals surface area (Å²) >= 11 is 0. The molecule has 0 atom stereocenters. The summed E-state index contributed by atoms with van der Waals surface area (Å²) in [4.78, 5) is 2.22. The third-order valence-corrected chi connectivity index (χ3v) is 4.18. The molecule has 6 heteroatoms. The molecule has 1 fully saturated rings. The lowest BCUT2D eigenvalue weighted by atomic mass is 9.93. The minimum atomic E-state index is -3.71. The molecule has 0 aliphatic carbocycles. The number of sulfonamides is 1. The number of anilines is 2. The molecular formula is C12H19N3O2S. The molecule has 0 unspecified atom stereocenters. The zero-order valence-electron chi connectivity index (χ0n) is 10.7. The van der Waals surface area contributed by atoms with Gasteiger partial charge in [-0.25, -0.2) is 13.6 Å². The normalized spacial score (nSPS) is 19.2. The molecule has 1 heterocycles. The lowest BCUT2D eigenvalue weighted by Gasteiger charge is -2.22. The van der Waals surface area contributed by atoms with Crippen molar-refractivity contribution in [2.24, 2.45) is 10.6 Å². The van der Waals surface area contributed by atoms with Gasteiger partial charge in [-0.3, -0.25) is 0 Å². The summed E-state index contributed by atoms with van der Waals surface area (Å²) in [6.45, 7) is 6.18. The van der Waals surface area contributed by atoms with Crippen LogP contribution in [0.2, 0.25) is 0 Å². The zero-order chi connectivity index (χ0) is 13.6. The SMILES string of the molecule is CC1(C)CCN(c2cc(N)cc(S(N)(=O)=O)c2)C1. The Balaban J connectivity index is 2.38. The van der Waals surface area contributed by atoms with Gasteiger partial charge in [0.1, 0.15) is 0 Å². The van der Waals surface area contributed by atoms with Crippen LogP contribution in [-0.2, 0) is 10.0 Å². The Kier molecular flexibility index (Phi) is 3.03. The molecule has 0 saturated carbocycles. The number of hydrogen-bond acceptors (Lipinski definition) is 4. The van der Waals surface area contributed by atoms with E-state index in [1.165, 1.54) is 6.07 Å². The van der Waals surface area contributed by atoms with Crippen LogP contribution >= 0.6 is 0 Å². The van der Waals surface area contributed by atoms with Crippen LogP contribution in [0.4, 0.5) is 11.4 Å². The molecule has 1 aliphatic rings. The number of nitrogens with zero attached hydrogens (tertiary/aromatic N) is 1. The van der Waals surface area contributed by atoms with Crippen molar-refractivity contribution in [2.45, 2.75) is 25.2 Å². The van der Waals surface area contributed by atoms with Crippen molar-refractivity contribution in [2.75, 3.05) is 23.7 Å². The van der Waals surface area contributed by atoms with Gasteiger partial charge in [0.2, 0.25) is 10.0 Å². The number of nitrogen functional groups attached to an aromatic ring is 1. The molecule has 1 saturated heterocycles. The predicted molar refractivity (Wildman–Crippen MR) is 72.8 cm³/mol. The fourth-order valence-electron chi connectivity index (χ4n) is 2.29. The van der Waals surface area contributed by atoms with Crippen molar-refractivity contribution in [1.82, 2.24) is 0 Å². The number of hydrogen-bond donors (Lipinski definition) is 2. The number of rotatable bonds is 2. The van der Waals surface area contributed by atoms with Gasteiger partial charge in [0.05, 0.1) is 4.90 Å². The summed E-state index contributed by atoms with van der Waals surface area (Å²) in [6.07, 6.45) is 1.08. The van der Waals surface area contributed by atoms with Gasteiger partial charge >= 0.3 is 0 Å². The molecule has 1 aliphatic heterocycles. The predicted octanol–water partition coefficient (Wildman–Crippen LogP) is 1.15. The lowest BCUT2D eigenvalue weighted by Crippen LogP contribution is -2.23. The Morgan fingerprint density at radius 1 is 1.28 bits per heavy atom. The number of primary sulfonamides is 1. The quantitative estimate of drug-likeness (QED) is 0.788. The molecule has 0 spiro atoms. The van der Waals surface area contributed by atoms with E-state index in [1.54, 1.807) is 12.1 Å². The van der Waals surface area contributed by atoms with E-state index in [1.807, 2.05) is 0 Å². The average molecular weight is 269 g/mol. The van der Waals surface area contributed by atoms with E-state index in [-0.39, 0.29) is 10.3 Å². The van der Waals surface area contributed by atoms with Gasteiger partial charge in [-0.15, -0.1) is 0 Å². The van der Waals surface area contributed by atoms with E-state index < -0.39 is 10.0 Å². The molecule has 100 valence electrons. The first-order valence-electron chi connectivity index (χ1n) is 5.86. The highest BCUT2D eigenvalue weighted by Crippen LogP contribution is 2.34. The fraction of sp³-hybridized carbons (Fsp3) is 0.500. The van der Waals surface area contributed by atoms with Gasteiger partial charge in [0.15, 0.2) is 0 Å². The van der Waals surface area contributed by atoms with E-state index >= 15 is 0 Å². The third kappa shape index (κ3) is 2.76. The largest absolute Gasteiger partial charge is 0.399 e. The number of benzene rings is 1. The van der Waals surface area contributed by atoms with Crippen molar-refractivity contribution < 1.29 is 8.42 Å². The van der Waals surface area contributed by atoms with E-state index in [0.717, 1.165) is 25.2 Å². The Hall–Kier alpha value is -1.27. The van der Waals surface area contributed by atoms with Crippen LogP contribution in [-0.4, -0.2) is 21.5 Å². The molecule has 18 heavy (non-hydrogen) atoms. The maximum absolute atomic E-state index is 11.4. The molecule has 1 aromatic carbocycles. The van der Waals surface area contributed by atoms with Crippen LogP contribution in [0.25, 0.3) is 0 Å². The second-order valence-electron chi connectivity index (χ2n) is 5.64. The summed E-state index contributed by atoms with van der Waals surface area (Å²) in [6, 6.07) is 4.77. The van der Waals surface area contributed by atoms with Crippen molar-refractivity contribution in [3.8, 4) is 0 Å². The van der Waals surface area contributed by atoms with Crippen LogP contribution in [0.5, 0.6) is 0 Å². The summed E-state index contributed by atoms with van der Waals surface area (Å²) in [5.74, 6) is 0. The lowest BCUT2D eigenvalue weighted by molar-refractivity contribution is 0.418. The molecule has 2 rings (SSSR count). The minimum Gasteiger partial charge on any atom is -0.399 e. The molecule has 0 amide bonds. The van der Waals surface area contributed by atoms with Crippen LogP contribution in [0.1, 0.15) is 20.3 Å². The van der Waals surface area contributed by atoms with E-state index in [9.17, 15) is 8.42 Å². The second kappa shape index (κ2) is 4.13. The summed E-state index contributed by atoms with van der Waals surface area (Å²) in [5.41, 5.74) is 7.23. The average Bonchev–Trinajstić information content (AvgIpc) is 2.56. The Labute approximate surface area is 108 Å². The van der Waals surface area contributed by atoms with E-state index in [4.69, 9.17) is 10.9 Å². The van der Waals surface area contributed by atoms with Gasteiger partial charge in [0, 0.05) is 24.5 Å². The van der Waals surface area contributed by atoms with Crippen LogP contribution in [0, 0.1) is 5.41 Å². The Bertz CT molecular complexity index is 567. The monoisotopic (exact) mass is 269 g/mol. The van der Waals surface area contributed by atoms with Gasteiger partial charge in [0.25, 0.3) is 0 Å². The maximum Gasteiger partial charge on any atom is 0.238 e. The zero-order valence-corrected chi connectivity index (χ0v) is 11.5. The fourth-order valence-corrected chi connectivity index (χ4v) is 2.87. The molecule has 5 nitrogen and oxygen atoms in total.